The molecule has 0 N–H and O–H groups in total. The van der Waals surface area contributed by atoms with E-state index in [-0.39, 0.29) is 30.6 Å². The Kier molecular flexibility index (Phi) is 37.9. The van der Waals surface area contributed by atoms with Crippen molar-refractivity contribution >= 4 is 17.7 Å². The molecule has 0 heterocycles. The minimum Gasteiger partial charge on any atom is -0.344 e. The maximum atomic E-state index is 13.3. The Morgan fingerprint density at radius 3 is 0.865 bits per heavy atom. The number of rotatable bonds is 40. The van der Waals surface area contributed by atoms with Gasteiger partial charge in [0.15, 0.2) is 0 Å². The van der Waals surface area contributed by atoms with Crippen molar-refractivity contribution in [2.75, 3.05) is 40.3 Å². The van der Waals surface area contributed by atoms with Gasteiger partial charge in [0, 0.05) is 60.0 Å². The molecular weight excluding hydrogens is 643 g/mol. The van der Waals surface area contributed by atoms with Crippen molar-refractivity contribution < 1.29 is 14.4 Å². The second-order valence-electron chi connectivity index (χ2n) is 16.2. The molecule has 308 valence electrons. The standard InChI is InChI=1S/C46H91N3O3/c1-6-8-10-12-14-16-18-20-22-24-26-28-30-32-34-36-40-49(46(52)39-38-45(51)48(5)43-42-47(4)44(3)50)41-37-35-33-31-29-27-25-23-21-19-17-15-13-11-9-7-2/h6-43H2,1-5H3. The van der Waals surface area contributed by atoms with E-state index in [1.165, 1.54) is 200 Å². The molecule has 0 fully saturated rings. The Labute approximate surface area is 325 Å². The summed E-state index contributed by atoms with van der Waals surface area (Å²) in [4.78, 5) is 42.9. The minimum absolute atomic E-state index is 0.00478. The van der Waals surface area contributed by atoms with Crippen LogP contribution in [0.15, 0.2) is 0 Å². The molecule has 0 aromatic carbocycles. The summed E-state index contributed by atoms with van der Waals surface area (Å²) >= 11 is 0. The van der Waals surface area contributed by atoms with Crippen molar-refractivity contribution in [3.05, 3.63) is 0 Å². The average Bonchev–Trinajstić information content (AvgIpc) is 3.14. The molecule has 3 amide bonds. The van der Waals surface area contributed by atoms with Crippen LogP contribution in [0, 0.1) is 0 Å². The number of hydrogen-bond donors (Lipinski definition) is 0. The van der Waals surface area contributed by atoms with E-state index in [0.29, 0.717) is 13.1 Å². The van der Waals surface area contributed by atoms with E-state index in [9.17, 15) is 14.4 Å². The second-order valence-corrected chi connectivity index (χ2v) is 16.2. The summed E-state index contributed by atoms with van der Waals surface area (Å²) in [5, 5.41) is 0. The van der Waals surface area contributed by atoms with Crippen LogP contribution in [-0.2, 0) is 14.4 Å². The highest BCUT2D eigenvalue weighted by Gasteiger charge is 2.17. The normalized spacial score (nSPS) is 11.2. The van der Waals surface area contributed by atoms with Crippen molar-refractivity contribution in [2.24, 2.45) is 0 Å². The monoisotopic (exact) mass is 734 g/mol. The molecule has 0 rings (SSSR count). The van der Waals surface area contributed by atoms with Crippen LogP contribution < -0.4 is 0 Å². The number of amides is 3. The zero-order chi connectivity index (χ0) is 38.3. The van der Waals surface area contributed by atoms with Crippen LogP contribution in [0.2, 0.25) is 0 Å². The lowest BCUT2D eigenvalue weighted by Crippen LogP contribution is -2.37. The molecule has 0 unspecified atom stereocenters. The van der Waals surface area contributed by atoms with Crippen molar-refractivity contribution in [3.63, 3.8) is 0 Å². The molecule has 0 saturated heterocycles. The van der Waals surface area contributed by atoms with Gasteiger partial charge in [-0.1, -0.05) is 206 Å². The number of carbonyl (C=O) groups is 3. The van der Waals surface area contributed by atoms with Gasteiger partial charge in [-0.2, -0.15) is 0 Å². The van der Waals surface area contributed by atoms with E-state index in [2.05, 4.69) is 18.7 Å². The Morgan fingerprint density at radius 1 is 0.327 bits per heavy atom. The van der Waals surface area contributed by atoms with E-state index in [0.717, 1.165) is 25.9 Å². The maximum absolute atomic E-state index is 13.3. The lowest BCUT2D eigenvalue weighted by molar-refractivity contribution is -0.137. The van der Waals surface area contributed by atoms with Gasteiger partial charge in [-0.25, -0.2) is 0 Å². The molecule has 0 aromatic heterocycles. The van der Waals surface area contributed by atoms with E-state index in [1.54, 1.807) is 23.9 Å². The van der Waals surface area contributed by atoms with Crippen LogP contribution in [0.5, 0.6) is 0 Å². The molecular formula is C46H91N3O3. The highest BCUT2D eigenvalue weighted by Crippen LogP contribution is 2.16. The zero-order valence-corrected chi connectivity index (χ0v) is 35.9. The second kappa shape index (κ2) is 39.1. The number of carbonyl (C=O) groups excluding carboxylic acids is 3. The molecule has 0 aromatic rings. The summed E-state index contributed by atoms with van der Waals surface area (Å²) < 4.78 is 0. The zero-order valence-electron chi connectivity index (χ0n) is 35.9. The van der Waals surface area contributed by atoms with Crippen LogP contribution >= 0.6 is 0 Å². The van der Waals surface area contributed by atoms with Crippen LogP contribution in [0.4, 0.5) is 0 Å². The quantitative estimate of drug-likeness (QED) is 0.0589. The smallest absolute Gasteiger partial charge is 0.223 e. The first kappa shape index (κ1) is 50.4. The van der Waals surface area contributed by atoms with Gasteiger partial charge >= 0.3 is 0 Å². The summed E-state index contributed by atoms with van der Waals surface area (Å²) in [6.07, 6.45) is 43.7. The fraction of sp³-hybridized carbons (Fsp3) is 0.935. The van der Waals surface area contributed by atoms with Crippen LogP contribution in [0.3, 0.4) is 0 Å². The first-order valence-electron chi connectivity index (χ1n) is 23.1. The summed E-state index contributed by atoms with van der Waals surface area (Å²) in [5.74, 6) is 0.106. The SMILES string of the molecule is CCCCCCCCCCCCCCCCCCN(CCCCCCCCCCCCCCCCCC)C(=O)CCC(=O)N(C)CCN(C)C(C)=O. The lowest BCUT2D eigenvalue weighted by Gasteiger charge is -2.24. The van der Waals surface area contributed by atoms with Gasteiger partial charge in [0.1, 0.15) is 0 Å². The van der Waals surface area contributed by atoms with Gasteiger partial charge < -0.3 is 14.7 Å². The molecule has 0 spiro atoms. The van der Waals surface area contributed by atoms with Crippen molar-refractivity contribution in [1.82, 2.24) is 14.7 Å². The third-order valence-corrected chi connectivity index (χ3v) is 11.2. The van der Waals surface area contributed by atoms with Gasteiger partial charge in [-0.15, -0.1) is 0 Å². The number of hydrogen-bond acceptors (Lipinski definition) is 3. The first-order valence-corrected chi connectivity index (χ1v) is 23.1. The molecule has 0 saturated carbocycles. The third-order valence-electron chi connectivity index (χ3n) is 11.2. The average molecular weight is 734 g/mol. The van der Waals surface area contributed by atoms with Crippen molar-refractivity contribution in [1.29, 1.82) is 0 Å². The van der Waals surface area contributed by atoms with E-state index in [1.807, 2.05) is 0 Å². The Bertz CT molecular complexity index is 768. The summed E-state index contributed by atoms with van der Waals surface area (Å²) in [5.41, 5.74) is 0. The van der Waals surface area contributed by atoms with Gasteiger partial charge in [0.25, 0.3) is 0 Å². The Balaban J connectivity index is 4.26. The Morgan fingerprint density at radius 2 is 0.577 bits per heavy atom. The maximum Gasteiger partial charge on any atom is 0.223 e. The first-order chi connectivity index (χ1) is 25.3. The van der Waals surface area contributed by atoms with E-state index >= 15 is 0 Å². The lowest BCUT2D eigenvalue weighted by atomic mass is 10.0. The molecule has 6 heteroatoms. The summed E-state index contributed by atoms with van der Waals surface area (Å²) in [6, 6.07) is 0. The van der Waals surface area contributed by atoms with Crippen LogP contribution in [0.25, 0.3) is 0 Å². The molecule has 0 aliphatic heterocycles. The van der Waals surface area contributed by atoms with E-state index < -0.39 is 0 Å². The van der Waals surface area contributed by atoms with Crippen molar-refractivity contribution in [3.8, 4) is 0 Å². The predicted octanol–water partition coefficient (Wildman–Crippen LogP) is 13.1. The topological polar surface area (TPSA) is 60.9 Å². The summed E-state index contributed by atoms with van der Waals surface area (Å²) in [6.45, 7) is 8.76. The summed E-state index contributed by atoms with van der Waals surface area (Å²) in [7, 11) is 3.52. The van der Waals surface area contributed by atoms with Crippen LogP contribution in [-0.4, -0.2) is 72.7 Å². The highest BCUT2D eigenvalue weighted by molar-refractivity contribution is 5.83. The van der Waals surface area contributed by atoms with Gasteiger partial charge in [-0.05, 0) is 12.8 Å². The molecule has 52 heavy (non-hydrogen) atoms. The van der Waals surface area contributed by atoms with Crippen molar-refractivity contribution in [2.45, 2.75) is 239 Å². The number of unbranched alkanes of at least 4 members (excludes halogenated alkanes) is 30. The largest absolute Gasteiger partial charge is 0.344 e. The van der Waals surface area contributed by atoms with Gasteiger partial charge in [0.05, 0.1) is 0 Å². The molecule has 0 aliphatic rings. The molecule has 0 aliphatic carbocycles. The highest BCUT2D eigenvalue weighted by atomic mass is 16.2. The fourth-order valence-corrected chi connectivity index (χ4v) is 7.21. The minimum atomic E-state index is -0.0185. The third kappa shape index (κ3) is 34.2. The molecule has 0 radical (unpaired) electrons. The number of nitrogens with zero attached hydrogens (tertiary/aromatic N) is 3. The number of likely N-dealkylation sites (N-methyl/N-ethyl adjacent to an activating group) is 2. The Hall–Kier alpha value is -1.59. The predicted molar refractivity (Wildman–Crippen MR) is 226 cm³/mol. The molecule has 0 atom stereocenters. The van der Waals surface area contributed by atoms with Crippen LogP contribution in [0.1, 0.15) is 239 Å². The molecule has 0 bridgehead atoms. The fourth-order valence-electron chi connectivity index (χ4n) is 7.21. The van der Waals surface area contributed by atoms with Gasteiger partial charge in [0.2, 0.25) is 17.7 Å². The molecule has 6 nitrogen and oxygen atoms in total. The van der Waals surface area contributed by atoms with E-state index in [4.69, 9.17) is 0 Å². The van der Waals surface area contributed by atoms with Gasteiger partial charge in [-0.3, -0.25) is 14.4 Å².